The highest BCUT2D eigenvalue weighted by Crippen LogP contribution is 2.36. The summed E-state index contributed by atoms with van der Waals surface area (Å²) in [4.78, 5) is 49.1. The Balaban J connectivity index is 1.57. The van der Waals surface area contributed by atoms with Crippen molar-refractivity contribution in [2.24, 2.45) is 11.1 Å². The molecular formula is C32H41FN6O4S. The summed E-state index contributed by atoms with van der Waals surface area (Å²) in [6.45, 7) is 14.0. The number of unbranched alkanes of at least 4 members (excludes halogenated alkanes) is 1. The Morgan fingerprint density at radius 1 is 1.11 bits per heavy atom. The molecule has 2 N–H and O–H groups in total. The minimum absolute atomic E-state index is 0.0240. The number of carbonyl (C=O) groups excluding carboxylic acids is 2. The number of ether oxygens (including phenoxy) is 1. The number of rotatable bonds is 11. The number of halogens is 1. The van der Waals surface area contributed by atoms with Crippen molar-refractivity contribution in [2.45, 2.75) is 53.5 Å². The Morgan fingerprint density at radius 2 is 1.77 bits per heavy atom. The first-order chi connectivity index (χ1) is 20.9. The van der Waals surface area contributed by atoms with Crippen LogP contribution in [0.3, 0.4) is 0 Å². The van der Waals surface area contributed by atoms with Gasteiger partial charge in [-0.1, -0.05) is 64.6 Å². The summed E-state index contributed by atoms with van der Waals surface area (Å²) in [5, 5.41) is 0. The van der Waals surface area contributed by atoms with Gasteiger partial charge >= 0.3 is 5.56 Å². The number of piperazine rings is 1. The molecule has 1 aliphatic rings. The van der Waals surface area contributed by atoms with Gasteiger partial charge in [-0.25, -0.2) is 13.8 Å². The fraction of sp³-hybridized carbons (Fsp3) is 0.438. The lowest BCUT2D eigenvalue weighted by atomic mass is 9.94. The van der Waals surface area contributed by atoms with Gasteiger partial charge in [0.25, 0.3) is 0 Å². The molecule has 1 fully saturated rings. The van der Waals surface area contributed by atoms with Crippen LogP contribution in [0.4, 0.5) is 4.39 Å². The minimum Gasteiger partial charge on any atom is -0.486 e. The molecule has 0 atom stereocenters. The summed E-state index contributed by atoms with van der Waals surface area (Å²) in [5.74, 6) is -0.0321. The largest absolute Gasteiger partial charge is 0.486 e. The molecule has 0 spiro atoms. The third-order valence-electron chi connectivity index (χ3n) is 7.31. The lowest BCUT2D eigenvalue weighted by Crippen LogP contribution is -2.53. The number of nitrogens with two attached hydrogens (primary N) is 1. The van der Waals surface area contributed by atoms with Crippen LogP contribution in [0.15, 0.2) is 59.1 Å². The average Bonchev–Trinajstić information content (AvgIpc) is 3.40. The van der Waals surface area contributed by atoms with E-state index >= 15 is 0 Å². The van der Waals surface area contributed by atoms with Gasteiger partial charge in [-0.2, -0.15) is 0 Å². The summed E-state index contributed by atoms with van der Waals surface area (Å²) in [6.07, 6.45) is 6.76. The van der Waals surface area contributed by atoms with Crippen LogP contribution in [0.2, 0.25) is 0 Å². The van der Waals surface area contributed by atoms with E-state index in [2.05, 4.69) is 6.58 Å². The normalized spacial score (nSPS) is 14.2. The van der Waals surface area contributed by atoms with Gasteiger partial charge in [-0.15, -0.1) is 0 Å². The van der Waals surface area contributed by atoms with Crippen molar-refractivity contribution in [1.82, 2.24) is 23.8 Å². The monoisotopic (exact) mass is 624 g/mol. The molecule has 1 saturated heterocycles. The molecule has 236 valence electrons. The molecule has 3 aromatic rings. The third-order valence-corrected chi connectivity index (χ3v) is 8.30. The van der Waals surface area contributed by atoms with Gasteiger partial charge in [0, 0.05) is 66.4 Å². The van der Waals surface area contributed by atoms with Crippen molar-refractivity contribution in [3.05, 3.63) is 81.8 Å². The molecule has 4 rings (SSSR count). The van der Waals surface area contributed by atoms with Gasteiger partial charge in [0.15, 0.2) is 0 Å². The standard InChI is InChI=1S/C32H41FN6O4S/c1-6-7-18-43-28-27(22(2)44-25(20-34)19-23-8-10-24(33)11-9-23)35-31-38(16-17-39(31)29(28)41)21-26(40)36-12-14-37(15-13-36)30(42)32(3,4)5/h8-11,16-17,20H,2,6-7,12-15,18-19,21,34H2,1,3-5H3/b25-20-. The lowest BCUT2D eigenvalue weighted by molar-refractivity contribution is -0.145. The van der Waals surface area contributed by atoms with Crippen LogP contribution in [0, 0.1) is 11.2 Å². The van der Waals surface area contributed by atoms with Crippen LogP contribution in [0.1, 0.15) is 51.8 Å². The fourth-order valence-electron chi connectivity index (χ4n) is 4.84. The third kappa shape index (κ3) is 7.71. The predicted molar refractivity (Wildman–Crippen MR) is 171 cm³/mol. The molecule has 0 aliphatic carbocycles. The Morgan fingerprint density at radius 3 is 2.39 bits per heavy atom. The Labute approximate surface area is 261 Å². The zero-order chi connectivity index (χ0) is 32.0. The number of thioether (sulfide) groups is 1. The number of hydrogen-bond acceptors (Lipinski definition) is 7. The van der Waals surface area contributed by atoms with Gasteiger partial charge in [0.1, 0.15) is 18.1 Å². The molecule has 12 heteroatoms. The molecule has 2 aromatic heterocycles. The number of imidazole rings is 1. The first-order valence-corrected chi connectivity index (χ1v) is 15.6. The van der Waals surface area contributed by atoms with E-state index in [-0.39, 0.29) is 41.4 Å². The fourth-order valence-corrected chi connectivity index (χ4v) is 5.69. The molecule has 10 nitrogen and oxygen atoms in total. The summed E-state index contributed by atoms with van der Waals surface area (Å²) in [7, 11) is 0. The van der Waals surface area contributed by atoms with Crippen molar-refractivity contribution in [3.63, 3.8) is 0 Å². The number of hydrogen-bond donors (Lipinski definition) is 1. The van der Waals surface area contributed by atoms with E-state index in [1.54, 1.807) is 38.9 Å². The first kappa shape index (κ1) is 32.8. The van der Waals surface area contributed by atoms with E-state index in [1.807, 2.05) is 27.7 Å². The van der Waals surface area contributed by atoms with Crippen LogP contribution in [0.25, 0.3) is 10.7 Å². The van der Waals surface area contributed by atoms with Gasteiger partial charge in [0.05, 0.1) is 6.61 Å². The molecular weight excluding hydrogens is 583 g/mol. The van der Waals surface area contributed by atoms with Crippen molar-refractivity contribution < 1.29 is 18.7 Å². The van der Waals surface area contributed by atoms with E-state index in [1.165, 1.54) is 34.5 Å². The summed E-state index contributed by atoms with van der Waals surface area (Å²) in [5.41, 5.74) is 6.19. The lowest BCUT2D eigenvalue weighted by Gasteiger charge is -2.37. The van der Waals surface area contributed by atoms with E-state index in [4.69, 9.17) is 15.5 Å². The van der Waals surface area contributed by atoms with Crippen molar-refractivity contribution in [1.29, 1.82) is 0 Å². The Hall–Kier alpha value is -4.06. The Kier molecular flexibility index (Phi) is 10.6. The van der Waals surface area contributed by atoms with Crippen LogP contribution in [-0.2, 0) is 22.6 Å². The molecule has 0 radical (unpaired) electrons. The number of aromatic nitrogens is 3. The molecule has 1 aliphatic heterocycles. The molecule has 3 heterocycles. The number of amides is 2. The second-order valence-corrected chi connectivity index (χ2v) is 13.0. The number of fused-ring (bicyclic) bond motifs is 1. The van der Waals surface area contributed by atoms with Gasteiger partial charge < -0.3 is 24.8 Å². The molecule has 1 aromatic carbocycles. The van der Waals surface area contributed by atoms with Crippen molar-refractivity contribution in [3.8, 4) is 5.75 Å². The second kappa shape index (κ2) is 14.1. The van der Waals surface area contributed by atoms with E-state index in [0.717, 1.165) is 23.3 Å². The van der Waals surface area contributed by atoms with Crippen LogP contribution in [0.5, 0.6) is 5.75 Å². The Bertz CT molecular complexity index is 1600. The molecule has 0 bridgehead atoms. The predicted octanol–water partition coefficient (Wildman–Crippen LogP) is 4.28. The van der Waals surface area contributed by atoms with Crippen molar-refractivity contribution in [2.75, 3.05) is 32.8 Å². The molecule has 0 saturated carbocycles. The van der Waals surface area contributed by atoms with Crippen LogP contribution < -0.4 is 16.0 Å². The maximum atomic E-state index is 13.6. The van der Waals surface area contributed by atoms with Gasteiger partial charge in [-0.3, -0.25) is 14.4 Å². The van der Waals surface area contributed by atoms with E-state index < -0.39 is 11.0 Å². The summed E-state index contributed by atoms with van der Waals surface area (Å²) in [6, 6.07) is 6.15. The quantitative estimate of drug-likeness (QED) is 0.317. The highest BCUT2D eigenvalue weighted by molar-refractivity contribution is 8.11. The summed E-state index contributed by atoms with van der Waals surface area (Å²) < 4.78 is 22.3. The second-order valence-electron chi connectivity index (χ2n) is 11.8. The number of benzene rings is 1. The number of nitrogens with zero attached hydrogens (tertiary/aromatic N) is 5. The van der Waals surface area contributed by atoms with E-state index in [9.17, 15) is 18.8 Å². The maximum absolute atomic E-state index is 13.6. The highest BCUT2D eigenvalue weighted by atomic mass is 32.2. The summed E-state index contributed by atoms with van der Waals surface area (Å²) >= 11 is 1.26. The van der Waals surface area contributed by atoms with Gasteiger partial charge in [0.2, 0.25) is 23.3 Å². The zero-order valence-electron chi connectivity index (χ0n) is 25.8. The maximum Gasteiger partial charge on any atom is 0.302 e. The highest BCUT2D eigenvalue weighted by Gasteiger charge is 2.31. The first-order valence-electron chi connectivity index (χ1n) is 14.8. The molecule has 0 unspecified atom stereocenters. The van der Waals surface area contributed by atoms with Crippen LogP contribution >= 0.6 is 11.8 Å². The molecule has 2 amide bonds. The number of allylic oxidation sites excluding steroid dienone is 1. The van der Waals surface area contributed by atoms with Crippen molar-refractivity contribution >= 4 is 34.3 Å². The smallest absolute Gasteiger partial charge is 0.302 e. The average molecular weight is 625 g/mol. The van der Waals surface area contributed by atoms with Crippen LogP contribution in [-0.4, -0.2) is 68.4 Å². The zero-order valence-corrected chi connectivity index (χ0v) is 26.7. The number of carbonyl (C=O) groups is 2. The topological polar surface area (TPSA) is 115 Å². The molecule has 44 heavy (non-hydrogen) atoms. The SMILES string of the molecule is C=C(S/C(=C\N)Cc1ccc(F)cc1)c1nc2n(CC(=O)N3CCN(C(=O)C(C)(C)C)CC3)ccn2c(=O)c1OCCCC. The van der Waals surface area contributed by atoms with Gasteiger partial charge in [-0.05, 0) is 24.1 Å². The minimum atomic E-state index is -0.476. The van der Waals surface area contributed by atoms with E-state index in [0.29, 0.717) is 44.1 Å².